The van der Waals surface area contributed by atoms with Gasteiger partial charge in [0.05, 0.1) is 10.7 Å². The fraction of sp³-hybridized carbons (Fsp3) is 0.286. The molecule has 0 aliphatic carbocycles. The van der Waals surface area contributed by atoms with Gasteiger partial charge in [0, 0.05) is 6.54 Å². The summed E-state index contributed by atoms with van der Waals surface area (Å²) in [7, 11) is 0. The van der Waals surface area contributed by atoms with Crippen LogP contribution >= 0.6 is 27.5 Å². The average molecular weight is 356 g/mol. The molecule has 1 aromatic heterocycles. The van der Waals surface area contributed by atoms with Crippen LogP contribution in [-0.2, 0) is 0 Å². The Labute approximate surface area is 132 Å². The van der Waals surface area contributed by atoms with Gasteiger partial charge in [0.15, 0.2) is 0 Å². The zero-order valence-corrected chi connectivity index (χ0v) is 13.7. The van der Waals surface area contributed by atoms with E-state index < -0.39 is 0 Å². The van der Waals surface area contributed by atoms with Crippen LogP contribution in [0.2, 0.25) is 5.02 Å². The third-order valence-corrected chi connectivity index (χ3v) is 3.77. The molecule has 0 fully saturated rings. The Kier molecular flexibility index (Phi) is 5.20. The maximum atomic E-state index is 6.22. The van der Waals surface area contributed by atoms with Crippen molar-refractivity contribution in [3.63, 3.8) is 0 Å². The van der Waals surface area contributed by atoms with Gasteiger partial charge in [0.25, 0.3) is 0 Å². The van der Waals surface area contributed by atoms with Crippen molar-refractivity contribution in [1.82, 2.24) is 9.97 Å². The zero-order valence-electron chi connectivity index (χ0n) is 11.4. The number of benzene rings is 1. The lowest BCUT2D eigenvalue weighted by atomic mass is 10.2. The number of halogens is 2. The van der Waals surface area contributed by atoms with Gasteiger partial charge in [-0.2, -0.15) is 0 Å². The van der Waals surface area contributed by atoms with Crippen LogP contribution in [0.4, 0.5) is 17.3 Å². The Morgan fingerprint density at radius 3 is 2.70 bits per heavy atom. The summed E-state index contributed by atoms with van der Waals surface area (Å²) in [5, 5.41) is 7.12. The normalized spacial score (nSPS) is 10.4. The molecular weight excluding hydrogens is 340 g/mol. The Balaban J connectivity index is 2.24. The molecule has 2 aromatic rings. The largest absolute Gasteiger partial charge is 0.369 e. The lowest BCUT2D eigenvalue weighted by Gasteiger charge is -2.12. The van der Waals surface area contributed by atoms with Crippen molar-refractivity contribution < 1.29 is 0 Å². The van der Waals surface area contributed by atoms with Gasteiger partial charge in [-0.15, -0.1) is 0 Å². The summed E-state index contributed by atoms with van der Waals surface area (Å²) in [6, 6.07) is 5.85. The van der Waals surface area contributed by atoms with Crippen molar-refractivity contribution in [3.05, 3.63) is 39.6 Å². The molecule has 0 bridgehead atoms. The van der Waals surface area contributed by atoms with Crippen molar-refractivity contribution in [3.8, 4) is 0 Å². The minimum absolute atomic E-state index is 0.665. The number of nitrogens with one attached hydrogen (secondary N) is 2. The van der Waals surface area contributed by atoms with Crippen LogP contribution in [-0.4, -0.2) is 16.5 Å². The standard InChI is InChI=1S/C14H16BrClN4/c1-3-6-17-13-12(15)14(19-8-18-13)20-11-5-4-9(2)7-10(11)16/h4-5,7-8H,3,6H2,1-2H3,(H2,17,18,19,20). The Hall–Kier alpha value is -1.33. The van der Waals surface area contributed by atoms with E-state index in [1.54, 1.807) is 0 Å². The summed E-state index contributed by atoms with van der Waals surface area (Å²) in [6.07, 6.45) is 2.55. The van der Waals surface area contributed by atoms with Gasteiger partial charge in [-0.1, -0.05) is 24.6 Å². The zero-order chi connectivity index (χ0) is 14.5. The number of rotatable bonds is 5. The van der Waals surface area contributed by atoms with E-state index in [9.17, 15) is 0 Å². The smallest absolute Gasteiger partial charge is 0.150 e. The monoisotopic (exact) mass is 354 g/mol. The highest BCUT2D eigenvalue weighted by Crippen LogP contribution is 2.31. The first kappa shape index (κ1) is 15.1. The van der Waals surface area contributed by atoms with Crippen LogP contribution in [0, 0.1) is 6.92 Å². The summed E-state index contributed by atoms with van der Waals surface area (Å²) < 4.78 is 0.796. The van der Waals surface area contributed by atoms with Crippen molar-refractivity contribution >= 4 is 44.9 Å². The Morgan fingerprint density at radius 2 is 2.00 bits per heavy atom. The first-order chi connectivity index (χ1) is 9.61. The molecule has 0 aliphatic heterocycles. The molecule has 1 heterocycles. The molecule has 0 spiro atoms. The fourth-order valence-corrected chi connectivity index (χ4v) is 2.40. The third kappa shape index (κ3) is 3.61. The van der Waals surface area contributed by atoms with Crippen molar-refractivity contribution in [2.24, 2.45) is 0 Å². The van der Waals surface area contributed by atoms with E-state index in [0.717, 1.165) is 34.5 Å². The van der Waals surface area contributed by atoms with Gasteiger partial charge in [-0.3, -0.25) is 0 Å². The molecule has 1 aromatic carbocycles. The van der Waals surface area contributed by atoms with Crippen molar-refractivity contribution in [2.75, 3.05) is 17.2 Å². The SMILES string of the molecule is CCCNc1ncnc(Nc2ccc(C)cc2Cl)c1Br. The summed E-state index contributed by atoms with van der Waals surface area (Å²) in [5.74, 6) is 1.46. The molecule has 0 radical (unpaired) electrons. The first-order valence-corrected chi connectivity index (χ1v) is 7.56. The summed E-state index contributed by atoms with van der Waals surface area (Å²) in [4.78, 5) is 8.45. The number of anilines is 3. The summed E-state index contributed by atoms with van der Waals surface area (Å²) in [6.45, 7) is 4.97. The number of hydrogen-bond acceptors (Lipinski definition) is 4. The van der Waals surface area contributed by atoms with E-state index in [1.807, 2.05) is 25.1 Å². The highest BCUT2D eigenvalue weighted by molar-refractivity contribution is 9.10. The topological polar surface area (TPSA) is 49.8 Å². The highest BCUT2D eigenvalue weighted by Gasteiger charge is 2.10. The summed E-state index contributed by atoms with van der Waals surface area (Å²) >= 11 is 9.73. The molecule has 0 amide bonds. The van der Waals surface area contributed by atoms with Gasteiger partial charge in [0.1, 0.15) is 22.4 Å². The van der Waals surface area contributed by atoms with E-state index >= 15 is 0 Å². The highest BCUT2D eigenvalue weighted by atomic mass is 79.9. The lowest BCUT2D eigenvalue weighted by Crippen LogP contribution is -2.05. The summed E-state index contributed by atoms with van der Waals surface area (Å²) in [5.41, 5.74) is 1.94. The lowest BCUT2D eigenvalue weighted by molar-refractivity contribution is 0.962. The molecular formula is C14H16BrClN4. The number of hydrogen-bond donors (Lipinski definition) is 2. The van der Waals surface area contributed by atoms with Crippen LogP contribution in [0.25, 0.3) is 0 Å². The first-order valence-electron chi connectivity index (χ1n) is 6.39. The molecule has 0 unspecified atom stereocenters. The van der Waals surface area contributed by atoms with Crippen molar-refractivity contribution in [2.45, 2.75) is 20.3 Å². The maximum absolute atomic E-state index is 6.22. The van der Waals surface area contributed by atoms with Gasteiger partial charge >= 0.3 is 0 Å². The molecule has 6 heteroatoms. The van der Waals surface area contributed by atoms with E-state index in [4.69, 9.17) is 11.6 Å². The van der Waals surface area contributed by atoms with Crippen molar-refractivity contribution in [1.29, 1.82) is 0 Å². The Morgan fingerprint density at radius 1 is 1.25 bits per heavy atom. The second kappa shape index (κ2) is 6.90. The van der Waals surface area contributed by atoms with Crippen LogP contribution in [0.3, 0.4) is 0 Å². The van der Waals surface area contributed by atoms with E-state index in [-0.39, 0.29) is 0 Å². The van der Waals surface area contributed by atoms with Gasteiger partial charge in [-0.05, 0) is 47.0 Å². The number of aryl methyl sites for hydroxylation is 1. The molecule has 106 valence electrons. The van der Waals surface area contributed by atoms with Gasteiger partial charge < -0.3 is 10.6 Å². The van der Waals surface area contributed by atoms with Gasteiger partial charge in [0.2, 0.25) is 0 Å². The van der Waals surface area contributed by atoms with E-state index in [1.165, 1.54) is 6.33 Å². The fourth-order valence-electron chi connectivity index (χ4n) is 1.67. The minimum atomic E-state index is 0.665. The molecule has 2 rings (SSSR count). The maximum Gasteiger partial charge on any atom is 0.150 e. The number of nitrogens with zero attached hydrogens (tertiary/aromatic N) is 2. The predicted octanol–water partition coefficient (Wildman–Crippen LogP) is 4.77. The second-order valence-electron chi connectivity index (χ2n) is 4.42. The molecule has 0 atom stereocenters. The Bertz CT molecular complexity index is 604. The molecule has 20 heavy (non-hydrogen) atoms. The van der Waals surface area contributed by atoms with Crippen LogP contribution < -0.4 is 10.6 Å². The predicted molar refractivity (Wildman–Crippen MR) is 88.0 cm³/mol. The van der Waals surface area contributed by atoms with E-state index in [2.05, 4.69) is 43.5 Å². The quantitative estimate of drug-likeness (QED) is 0.811. The van der Waals surface area contributed by atoms with Crippen LogP contribution in [0.5, 0.6) is 0 Å². The molecule has 2 N–H and O–H groups in total. The van der Waals surface area contributed by atoms with Crippen LogP contribution in [0.1, 0.15) is 18.9 Å². The molecule has 0 saturated heterocycles. The second-order valence-corrected chi connectivity index (χ2v) is 5.62. The van der Waals surface area contributed by atoms with Crippen LogP contribution in [0.15, 0.2) is 29.0 Å². The molecule has 0 saturated carbocycles. The minimum Gasteiger partial charge on any atom is -0.369 e. The average Bonchev–Trinajstić information content (AvgIpc) is 2.42. The van der Waals surface area contributed by atoms with Gasteiger partial charge in [-0.25, -0.2) is 9.97 Å². The molecule has 4 nitrogen and oxygen atoms in total. The molecule has 0 aliphatic rings. The van der Waals surface area contributed by atoms with E-state index in [0.29, 0.717) is 10.8 Å². The third-order valence-electron chi connectivity index (χ3n) is 2.71. The number of aromatic nitrogens is 2.